The van der Waals surface area contributed by atoms with E-state index in [2.05, 4.69) is 4.84 Å². The summed E-state index contributed by atoms with van der Waals surface area (Å²) >= 11 is 0. The Morgan fingerprint density at radius 2 is 1.73 bits per heavy atom. The van der Waals surface area contributed by atoms with Gasteiger partial charge in [0.2, 0.25) is 5.91 Å². The first kappa shape index (κ1) is 10.8. The van der Waals surface area contributed by atoms with Crippen LogP contribution >= 0.6 is 0 Å². The Bertz CT molecular complexity index is 430. The largest absolute Gasteiger partial charge is 0.408 e. The third kappa shape index (κ3) is 1.97. The summed E-state index contributed by atoms with van der Waals surface area (Å²) in [5.41, 5.74) is 15.5. The number of anilines is 1. The molecule has 0 aliphatic carbocycles. The molecule has 1 aromatic carbocycles. The van der Waals surface area contributed by atoms with Crippen LogP contribution in [0.3, 0.4) is 0 Å². The molecule has 1 rings (SSSR count). The first-order chi connectivity index (χ1) is 6.97. The molecule has 0 atom stereocenters. The normalized spacial score (nSPS) is 9.67. The molecule has 8 N–H and O–H groups in total. The highest BCUT2D eigenvalue weighted by Gasteiger charge is 2.16. The summed E-state index contributed by atoms with van der Waals surface area (Å²) in [6, 6.07) is 2.42. The fourth-order valence-corrected chi connectivity index (χ4v) is 1.11. The maximum absolute atomic E-state index is 11.0. The summed E-state index contributed by atoms with van der Waals surface area (Å²) in [6.45, 7) is 0. The van der Waals surface area contributed by atoms with Gasteiger partial charge in [-0.1, -0.05) is 0 Å². The predicted octanol–water partition coefficient (Wildman–Crippen LogP) is -1.28. The van der Waals surface area contributed by atoms with Crippen LogP contribution in [0.4, 0.5) is 5.69 Å². The highest BCUT2D eigenvalue weighted by molar-refractivity contribution is 6.02. The fourth-order valence-electron chi connectivity index (χ4n) is 1.11. The number of benzene rings is 1. The maximum atomic E-state index is 11.0. The molecule has 0 bridgehead atoms. The molecule has 0 saturated heterocycles. The molecular weight excluding hydrogens is 200 g/mol. The van der Waals surface area contributed by atoms with Crippen LogP contribution in [-0.2, 0) is 0 Å². The van der Waals surface area contributed by atoms with Gasteiger partial charge in [0.05, 0.1) is 11.3 Å². The van der Waals surface area contributed by atoms with Gasteiger partial charge in [-0.15, -0.1) is 0 Å². The van der Waals surface area contributed by atoms with Gasteiger partial charge < -0.3 is 22.0 Å². The van der Waals surface area contributed by atoms with Crippen molar-refractivity contribution in [2.24, 2.45) is 17.4 Å². The van der Waals surface area contributed by atoms with Gasteiger partial charge in [-0.25, -0.2) is 0 Å². The van der Waals surface area contributed by atoms with E-state index in [4.69, 9.17) is 23.1 Å². The van der Waals surface area contributed by atoms with E-state index in [-0.39, 0.29) is 22.6 Å². The molecule has 0 aromatic heterocycles. The molecule has 80 valence electrons. The molecule has 0 saturated carbocycles. The minimum atomic E-state index is -0.815. The van der Waals surface area contributed by atoms with E-state index in [9.17, 15) is 9.59 Å². The summed E-state index contributed by atoms with van der Waals surface area (Å²) < 4.78 is 0. The van der Waals surface area contributed by atoms with Crippen molar-refractivity contribution in [1.29, 1.82) is 0 Å². The first-order valence-corrected chi connectivity index (χ1v) is 3.87. The molecule has 0 fully saturated rings. The zero-order valence-electron chi connectivity index (χ0n) is 7.69. The second-order valence-corrected chi connectivity index (χ2v) is 2.79. The molecule has 2 amide bonds. The average Bonchev–Trinajstić information content (AvgIpc) is 2.16. The van der Waals surface area contributed by atoms with Crippen molar-refractivity contribution in [3.8, 4) is 5.75 Å². The number of hydrogen-bond acceptors (Lipinski definition) is 5. The quantitative estimate of drug-likeness (QED) is 0.362. The number of carbonyl (C=O) groups is 2. The summed E-state index contributed by atoms with van der Waals surface area (Å²) in [5, 5.41) is 0. The van der Waals surface area contributed by atoms with Crippen molar-refractivity contribution in [2.75, 3.05) is 5.73 Å². The molecule has 0 radical (unpaired) electrons. The molecule has 7 heteroatoms. The number of primary amides is 2. The summed E-state index contributed by atoms with van der Waals surface area (Å²) in [6.07, 6.45) is 0. The van der Waals surface area contributed by atoms with Crippen molar-refractivity contribution < 1.29 is 14.4 Å². The Balaban J connectivity index is 3.45. The molecule has 0 spiro atoms. The van der Waals surface area contributed by atoms with E-state index >= 15 is 0 Å². The van der Waals surface area contributed by atoms with Crippen LogP contribution in [0, 0.1) is 0 Å². The Hall–Kier alpha value is -2.28. The number of amides is 2. The van der Waals surface area contributed by atoms with Crippen LogP contribution in [0.1, 0.15) is 20.7 Å². The van der Waals surface area contributed by atoms with E-state index < -0.39 is 11.8 Å². The SMILES string of the molecule is NOc1c(N)cc(C(N)=O)cc1C(N)=O. The second-order valence-electron chi connectivity index (χ2n) is 2.79. The van der Waals surface area contributed by atoms with Crippen LogP contribution < -0.4 is 27.9 Å². The highest BCUT2D eigenvalue weighted by Crippen LogP contribution is 2.26. The Morgan fingerprint density at radius 1 is 1.13 bits per heavy atom. The predicted molar refractivity (Wildman–Crippen MR) is 52.7 cm³/mol. The molecule has 0 aliphatic heterocycles. The molecule has 1 aromatic rings. The van der Waals surface area contributed by atoms with Gasteiger partial charge in [0, 0.05) is 5.56 Å². The van der Waals surface area contributed by atoms with Crippen LogP contribution in [0.5, 0.6) is 5.75 Å². The zero-order chi connectivity index (χ0) is 11.6. The molecule has 15 heavy (non-hydrogen) atoms. The van der Waals surface area contributed by atoms with Crippen LogP contribution in [0.15, 0.2) is 12.1 Å². The zero-order valence-corrected chi connectivity index (χ0v) is 7.69. The fraction of sp³-hybridized carbons (Fsp3) is 0. The van der Waals surface area contributed by atoms with E-state index in [0.717, 1.165) is 0 Å². The summed E-state index contributed by atoms with van der Waals surface area (Å²) in [4.78, 5) is 26.3. The van der Waals surface area contributed by atoms with Crippen molar-refractivity contribution >= 4 is 17.5 Å². The maximum Gasteiger partial charge on any atom is 0.252 e. The van der Waals surface area contributed by atoms with Gasteiger partial charge >= 0.3 is 0 Å². The summed E-state index contributed by atoms with van der Waals surface area (Å²) in [5.74, 6) is 3.29. The lowest BCUT2D eigenvalue weighted by Crippen LogP contribution is -2.19. The van der Waals surface area contributed by atoms with Gasteiger partial charge in [-0.3, -0.25) is 9.59 Å². The van der Waals surface area contributed by atoms with Crippen molar-refractivity contribution in [1.82, 2.24) is 0 Å². The van der Waals surface area contributed by atoms with E-state index in [1.54, 1.807) is 0 Å². The van der Waals surface area contributed by atoms with Crippen molar-refractivity contribution in [3.63, 3.8) is 0 Å². The minimum Gasteiger partial charge on any atom is -0.408 e. The van der Waals surface area contributed by atoms with Crippen LogP contribution in [0.25, 0.3) is 0 Å². The molecule has 0 aliphatic rings. The number of carbonyl (C=O) groups excluding carboxylic acids is 2. The lowest BCUT2D eigenvalue weighted by Gasteiger charge is -2.09. The van der Waals surface area contributed by atoms with Gasteiger partial charge in [0.1, 0.15) is 0 Å². The Labute approximate surface area is 84.9 Å². The monoisotopic (exact) mass is 210 g/mol. The topological polar surface area (TPSA) is 147 Å². The molecular formula is C8H10N4O3. The van der Waals surface area contributed by atoms with Crippen molar-refractivity contribution in [3.05, 3.63) is 23.3 Å². The lowest BCUT2D eigenvalue weighted by atomic mass is 10.1. The van der Waals surface area contributed by atoms with Gasteiger partial charge in [0.15, 0.2) is 5.75 Å². The Kier molecular flexibility index (Phi) is 2.77. The highest BCUT2D eigenvalue weighted by atomic mass is 16.6. The molecule has 7 nitrogen and oxygen atoms in total. The molecule has 0 heterocycles. The third-order valence-corrected chi connectivity index (χ3v) is 1.79. The number of nitrogen functional groups attached to an aromatic ring is 1. The van der Waals surface area contributed by atoms with Gasteiger partial charge in [-0.05, 0) is 12.1 Å². The van der Waals surface area contributed by atoms with Crippen molar-refractivity contribution in [2.45, 2.75) is 0 Å². The summed E-state index contributed by atoms with van der Waals surface area (Å²) in [7, 11) is 0. The first-order valence-electron chi connectivity index (χ1n) is 3.87. The minimum absolute atomic E-state index is 0.0163. The standard InChI is InChI=1S/C8H10N4O3/c9-5-2-3(7(10)13)1-4(8(11)14)6(5)15-12/h1-2H,9,12H2,(H2,10,13)(H2,11,14). The van der Waals surface area contributed by atoms with E-state index in [0.29, 0.717) is 0 Å². The number of hydrogen-bond donors (Lipinski definition) is 4. The average molecular weight is 210 g/mol. The number of nitrogens with two attached hydrogens (primary N) is 4. The lowest BCUT2D eigenvalue weighted by molar-refractivity contribution is 0.0996. The smallest absolute Gasteiger partial charge is 0.252 e. The molecule has 0 unspecified atom stereocenters. The number of rotatable bonds is 3. The third-order valence-electron chi connectivity index (χ3n) is 1.79. The second kappa shape index (κ2) is 3.84. The van der Waals surface area contributed by atoms with Crippen LogP contribution in [-0.4, -0.2) is 11.8 Å². The Morgan fingerprint density at radius 3 is 2.13 bits per heavy atom. The van der Waals surface area contributed by atoms with Crippen LogP contribution in [0.2, 0.25) is 0 Å². The van der Waals surface area contributed by atoms with E-state index in [1.165, 1.54) is 12.1 Å². The van der Waals surface area contributed by atoms with Gasteiger partial charge in [0.25, 0.3) is 5.91 Å². The van der Waals surface area contributed by atoms with Gasteiger partial charge in [-0.2, -0.15) is 5.90 Å². The van der Waals surface area contributed by atoms with E-state index in [1.807, 2.05) is 0 Å².